The largest absolute Gasteiger partial charge is 0.444 e. The number of halogens is 1. The number of allylic oxidation sites excluding steroid dienone is 5. The number of hydrogen-bond donors (Lipinski definition) is 0. The van der Waals surface area contributed by atoms with Gasteiger partial charge >= 0.3 is 6.09 Å². The van der Waals surface area contributed by atoms with Crippen LogP contribution in [0.5, 0.6) is 0 Å². The average molecular weight is 253 g/mol. The van der Waals surface area contributed by atoms with Gasteiger partial charge in [-0.1, -0.05) is 19.9 Å². The lowest BCUT2D eigenvalue weighted by molar-refractivity contribution is 0.142. The second kappa shape index (κ2) is 6.38. The highest BCUT2D eigenvalue weighted by Crippen LogP contribution is 2.24. The van der Waals surface area contributed by atoms with Crippen molar-refractivity contribution < 1.29 is 13.9 Å². The van der Waals surface area contributed by atoms with Crippen molar-refractivity contribution >= 4 is 6.09 Å². The van der Waals surface area contributed by atoms with E-state index in [0.717, 1.165) is 0 Å². The normalized spacial score (nSPS) is 23.2. The summed E-state index contributed by atoms with van der Waals surface area (Å²) >= 11 is 0. The van der Waals surface area contributed by atoms with E-state index in [9.17, 15) is 9.18 Å². The van der Waals surface area contributed by atoms with E-state index in [1.54, 1.807) is 13.0 Å². The smallest absolute Gasteiger partial charge is 0.414 e. The third kappa shape index (κ3) is 3.22. The molecule has 1 aliphatic carbocycles. The van der Waals surface area contributed by atoms with E-state index in [0.29, 0.717) is 24.2 Å². The molecule has 0 saturated carbocycles. The Balaban J connectivity index is 0.000000771. The first kappa shape index (κ1) is 14.5. The molecule has 1 heterocycles. The van der Waals surface area contributed by atoms with E-state index in [4.69, 9.17) is 4.74 Å². The molecule has 0 aromatic carbocycles. The van der Waals surface area contributed by atoms with E-state index in [1.807, 2.05) is 26.8 Å². The summed E-state index contributed by atoms with van der Waals surface area (Å²) in [6, 6.07) is 0. The molecule has 0 aromatic rings. The Morgan fingerprint density at radius 1 is 1.44 bits per heavy atom. The molecular formula is C14H20FNO2. The summed E-state index contributed by atoms with van der Waals surface area (Å²) < 4.78 is 18.6. The van der Waals surface area contributed by atoms with Gasteiger partial charge in [-0.05, 0) is 38.0 Å². The predicted molar refractivity (Wildman–Crippen MR) is 69.6 cm³/mol. The highest BCUT2D eigenvalue weighted by molar-refractivity contribution is 5.73. The Morgan fingerprint density at radius 2 is 2.11 bits per heavy atom. The molecule has 18 heavy (non-hydrogen) atoms. The maximum atomic E-state index is 13.5. The van der Waals surface area contributed by atoms with Crippen molar-refractivity contribution in [3.63, 3.8) is 0 Å². The molecule has 1 saturated heterocycles. The molecule has 1 unspecified atom stereocenters. The van der Waals surface area contributed by atoms with Gasteiger partial charge in [-0.25, -0.2) is 9.18 Å². The summed E-state index contributed by atoms with van der Waals surface area (Å²) in [5.74, 6) is -0.271. The first-order valence-electron chi connectivity index (χ1n) is 6.29. The van der Waals surface area contributed by atoms with Gasteiger partial charge < -0.3 is 4.74 Å². The van der Waals surface area contributed by atoms with Crippen LogP contribution in [0.25, 0.3) is 0 Å². The number of nitrogens with zero attached hydrogens (tertiary/aromatic N) is 1. The fraction of sp³-hybridized carbons (Fsp3) is 0.500. The van der Waals surface area contributed by atoms with Crippen LogP contribution in [0.15, 0.2) is 35.3 Å². The van der Waals surface area contributed by atoms with E-state index in [-0.39, 0.29) is 11.9 Å². The molecule has 2 rings (SSSR count). The standard InChI is InChI=1S/C12H14FNO2.C2H6/c1-8-4-3-5-10(6-11(8)13)14-7-9(2)16-12(14)15;1-2/h3,5-6,9H,4,7H2,1-2H3;1-2H3. The summed E-state index contributed by atoms with van der Waals surface area (Å²) in [7, 11) is 0. The second-order valence-electron chi connectivity index (χ2n) is 4.11. The summed E-state index contributed by atoms with van der Waals surface area (Å²) in [6.07, 6.45) is 5.02. The first-order valence-corrected chi connectivity index (χ1v) is 6.29. The summed E-state index contributed by atoms with van der Waals surface area (Å²) in [6.45, 7) is 8.03. The van der Waals surface area contributed by atoms with Gasteiger partial charge in [-0.2, -0.15) is 0 Å². The summed E-state index contributed by atoms with van der Waals surface area (Å²) in [4.78, 5) is 12.9. The Morgan fingerprint density at radius 3 is 2.67 bits per heavy atom. The molecular weight excluding hydrogens is 233 g/mol. The maximum Gasteiger partial charge on any atom is 0.414 e. The minimum absolute atomic E-state index is 0.141. The second-order valence-corrected chi connectivity index (χ2v) is 4.11. The van der Waals surface area contributed by atoms with Crippen molar-refractivity contribution in [1.29, 1.82) is 0 Å². The minimum Gasteiger partial charge on any atom is -0.444 e. The quantitative estimate of drug-likeness (QED) is 0.708. The molecule has 1 atom stereocenters. The number of amides is 1. The molecule has 4 heteroatoms. The van der Waals surface area contributed by atoms with Crippen molar-refractivity contribution in [3.8, 4) is 0 Å². The van der Waals surface area contributed by atoms with Gasteiger partial charge in [0, 0.05) is 5.70 Å². The van der Waals surface area contributed by atoms with Gasteiger partial charge in [0.25, 0.3) is 0 Å². The van der Waals surface area contributed by atoms with Gasteiger partial charge in [-0.15, -0.1) is 0 Å². The zero-order valence-electron chi connectivity index (χ0n) is 11.4. The van der Waals surface area contributed by atoms with E-state index < -0.39 is 6.09 Å². The molecule has 1 aliphatic heterocycles. The molecule has 0 spiro atoms. The zero-order valence-corrected chi connectivity index (χ0v) is 11.4. The Hall–Kier alpha value is -1.58. The van der Waals surface area contributed by atoms with Crippen molar-refractivity contribution in [2.45, 2.75) is 40.2 Å². The maximum absolute atomic E-state index is 13.5. The van der Waals surface area contributed by atoms with Crippen LogP contribution in [0, 0.1) is 0 Å². The monoisotopic (exact) mass is 253 g/mol. The lowest BCUT2D eigenvalue weighted by Gasteiger charge is -2.13. The Kier molecular flexibility index (Phi) is 5.13. The molecule has 100 valence electrons. The van der Waals surface area contributed by atoms with Crippen molar-refractivity contribution in [2.75, 3.05) is 6.54 Å². The summed E-state index contributed by atoms with van der Waals surface area (Å²) in [5.41, 5.74) is 1.23. The predicted octanol–water partition coefficient (Wildman–Crippen LogP) is 3.94. The number of carbonyl (C=O) groups excluding carboxylic acids is 1. The fourth-order valence-corrected chi connectivity index (χ4v) is 1.74. The van der Waals surface area contributed by atoms with E-state index in [2.05, 4.69) is 0 Å². The molecule has 3 nitrogen and oxygen atoms in total. The van der Waals surface area contributed by atoms with Gasteiger partial charge in [-0.3, -0.25) is 4.90 Å². The number of cyclic esters (lactones) is 1. The third-order valence-electron chi connectivity index (χ3n) is 2.67. The zero-order chi connectivity index (χ0) is 13.7. The van der Waals surface area contributed by atoms with Gasteiger partial charge in [0.05, 0.1) is 6.54 Å². The molecule has 2 aliphatic rings. The molecule has 0 bridgehead atoms. The third-order valence-corrected chi connectivity index (χ3v) is 2.67. The van der Waals surface area contributed by atoms with Crippen molar-refractivity contribution in [3.05, 3.63) is 35.3 Å². The molecule has 0 radical (unpaired) electrons. The van der Waals surface area contributed by atoms with Gasteiger partial charge in [0.2, 0.25) is 0 Å². The Labute approximate surface area is 108 Å². The van der Waals surface area contributed by atoms with Crippen LogP contribution < -0.4 is 0 Å². The van der Waals surface area contributed by atoms with E-state index >= 15 is 0 Å². The van der Waals surface area contributed by atoms with Crippen molar-refractivity contribution in [1.82, 2.24) is 4.90 Å². The molecule has 0 N–H and O–H groups in total. The number of ether oxygens (including phenoxy) is 1. The lowest BCUT2D eigenvalue weighted by Crippen LogP contribution is -2.23. The van der Waals surface area contributed by atoms with Crippen LogP contribution in [0.3, 0.4) is 0 Å². The minimum atomic E-state index is -0.407. The van der Waals surface area contributed by atoms with Crippen LogP contribution >= 0.6 is 0 Å². The first-order chi connectivity index (χ1) is 8.58. The number of rotatable bonds is 1. The fourth-order valence-electron chi connectivity index (χ4n) is 1.74. The van der Waals surface area contributed by atoms with Crippen LogP contribution in [0.2, 0.25) is 0 Å². The van der Waals surface area contributed by atoms with Crippen LogP contribution in [0.1, 0.15) is 34.1 Å². The topological polar surface area (TPSA) is 29.5 Å². The SMILES string of the molecule is CC.CC1=C(F)C=C(N2CC(C)OC2=O)C=CC1. The number of hydrogen-bond acceptors (Lipinski definition) is 2. The highest BCUT2D eigenvalue weighted by atomic mass is 19.1. The van der Waals surface area contributed by atoms with Crippen LogP contribution in [0.4, 0.5) is 9.18 Å². The van der Waals surface area contributed by atoms with Crippen molar-refractivity contribution in [2.24, 2.45) is 0 Å². The van der Waals surface area contributed by atoms with Crippen LogP contribution in [-0.4, -0.2) is 23.6 Å². The molecule has 0 aromatic heterocycles. The average Bonchev–Trinajstić information content (AvgIpc) is 2.59. The molecule has 1 fully saturated rings. The van der Waals surface area contributed by atoms with E-state index in [1.165, 1.54) is 11.0 Å². The molecule has 1 amide bonds. The van der Waals surface area contributed by atoms with Crippen LogP contribution in [-0.2, 0) is 4.74 Å². The highest BCUT2D eigenvalue weighted by Gasteiger charge is 2.30. The Bertz CT molecular complexity index is 410. The summed E-state index contributed by atoms with van der Waals surface area (Å²) in [5, 5.41) is 0. The number of carbonyl (C=O) groups is 1. The van der Waals surface area contributed by atoms with Gasteiger partial charge in [0.1, 0.15) is 11.9 Å². The van der Waals surface area contributed by atoms with Gasteiger partial charge in [0.15, 0.2) is 0 Å². The lowest BCUT2D eigenvalue weighted by atomic mass is 10.2.